The van der Waals surface area contributed by atoms with Crippen LogP contribution in [0.3, 0.4) is 0 Å². The molecule has 0 saturated carbocycles. The summed E-state index contributed by atoms with van der Waals surface area (Å²) in [5.41, 5.74) is 11.6. The zero-order valence-electron chi connectivity index (χ0n) is 23.6. The van der Waals surface area contributed by atoms with Crippen molar-refractivity contribution in [2.75, 3.05) is 0 Å². The van der Waals surface area contributed by atoms with Crippen LogP contribution >= 0.6 is 0 Å². The van der Waals surface area contributed by atoms with Crippen LogP contribution in [0.25, 0.3) is 16.7 Å². The molecule has 0 heterocycles. The standard InChI is InChI=1S/C41H33N/c1-5-14-32(15-6-1)16-13-23-40(35-17-7-2-8-18-35)36-28-24-33(25-29-36)34-26-30-38(31-27-34)41(37-19-9-3-10-20-37)42-39-21-11-4-12-22-39/h1-12,14-15,17-31H,13,16H2/b40-23+,42-41+. The Morgan fingerprint density at radius 1 is 0.429 bits per heavy atom. The molecule has 6 rings (SSSR count). The molecule has 0 fully saturated rings. The van der Waals surface area contributed by atoms with Gasteiger partial charge in [-0.1, -0.05) is 164 Å². The Morgan fingerprint density at radius 2 is 0.857 bits per heavy atom. The SMILES string of the molecule is C(/CCc1ccccc1)=C(/c1ccccc1)c1ccc(-c2ccc(/C(=N/c3ccccc3)c3ccccc3)cc2)cc1. The summed E-state index contributed by atoms with van der Waals surface area (Å²) in [6.45, 7) is 0. The molecule has 0 spiro atoms. The van der Waals surface area contributed by atoms with Crippen molar-refractivity contribution in [2.24, 2.45) is 4.99 Å². The monoisotopic (exact) mass is 539 g/mol. The average molecular weight is 540 g/mol. The summed E-state index contributed by atoms with van der Waals surface area (Å²) < 4.78 is 0. The average Bonchev–Trinajstić information content (AvgIpc) is 3.08. The quantitative estimate of drug-likeness (QED) is 0.162. The first-order chi connectivity index (χ1) is 20.8. The molecule has 6 aromatic rings. The maximum atomic E-state index is 5.02. The first-order valence-corrected chi connectivity index (χ1v) is 14.5. The number of aryl methyl sites for hydroxylation is 1. The highest BCUT2D eigenvalue weighted by Crippen LogP contribution is 2.28. The van der Waals surface area contributed by atoms with Gasteiger partial charge < -0.3 is 0 Å². The Labute approximate surface area is 249 Å². The zero-order chi connectivity index (χ0) is 28.4. The third-order valence-corrected chi connectivity index (χ3v) is 7.44. The number of rotatable bonds is 9. The fraction of sp³-hybridized carbons (Fsp3) is 0.0488. The molecule has 0 aliphatic carbocycles. The largest absolute Gasteiger partial charge is 0.248 e. The van der Waals surface area contributed by atoms with Crippen LogP contribution in [0.5, 0.6) is 0 Å². The Morgan fingerprint density at radius 3 is 1.43 bits per heavy atom. The van der Waals surface area contributed by atoms with Crippen LogP contribution in [0.1, 0.15) is 34.2 Å². The van der Waals surface area contributed by atoms with E-state index in [1.54, 1.807) is 0 Å². The molecule has 6 aromatic carbocycles. The maximum absolute atomic E-state index is 5.02. The van der Waals surface area contributed by atoms with E-state index in [-0.39, 0.29) is 0 Å². The van der Waals surface area contributed by atoms with Gasteiger partial charge in [0.15, 0.2) is 0 Å². The molecule has 42 heavy (non-hydrogen) atoms. The van der Waals surface area contributed by atoms with E-state index in [0.717, 1.165) is 35.4 Å². The van der Waals surface area contributed by atoms with Gasteiger partial charge in [-0.05, 0) is 58.4 Å². The smallest absolute Gasteiger partial charge is 0.0781 e. The minimum Gasteiger partial charge on any atom is -0.248 e. The molecule has 0 atom stereocenters. The molecule has 1 nitrogen and oxygen atoms in total. The molecule has 0 saturated heterocycles. The van der Waals surface area contributed by atoms with Crippen LogP contribution in [-0.4, -0.2) is 5.71 Å². The topological polar surface area (TPSA) is 12.4 Å². The number of aliphatic imine (C=N–C) groups is 1. The van der Waals surface area contributed by atoms with Gasteiger partial charge in [0.2, 0.25) is 0 Å². The minimum atomic E-state index is 0.946. The molecule has 1 heteroatoms. The Bertz CT molecular complexity index is 1750. The third kappa shape index (κ3) is 6.71. The second-order valence-electron chi connectivity index (χ2n) is 10.3. The Kier molecular flexibility index (Phi) is 8.59. The van der Waals surface area contributed by atoms with Crippen molar-refractivity contribution in [1.82, 2.24) is 0 Å². The molecule has 0 aliphatic heterocycles. The van der Waals surface area contributed by atoms with E-state index in [4.69, 9.17) is 4.99 Å². The lowest BCUT2D eigenvalue weighted by Gasteiger charge is -2.12. The predicted octanol–water partition coefficient (Wildman–Crippen LogP) is 10.6. The molecule has 202 valence electrons. The van der Waals surface area contributed by atoms with Gasteiger partial charge in [-0.2, -0.15) is 0 Å². The van der Waals surface area contributed by atoms with Gasteiger partial charge in [0.1, 0.15) is 0 Å². The summed E-state index contributed by atoms with van der Waals surface area (Å²) in [7, 11) is 0. The van der Waals surface area contributed by atoms with Gasteiger partial charge in [-0.3, -0.25) is 0 Å². The summed E-state index contributed by atoms with van der Waals surface area (Å²) in [5, 5.41) is 0. The number of allylic oxidation sites excluding steroid dienone is 1. The molecular weight excluding hydrogens is 506 g/mol. The Balaban J connectivity index is 1.26. The molecular formula is C41H33N. The second-order valence-corrected chi connectivity index (χ2v) is 10.3. The summed E-state index contributed by atoms with van der Waals surface area (Å²) in [5.74, 6) is 0. The van der Waals surface area contributed by atoms with Crippen LogP contribution in [0.15, 0.2) is 181 Å². The molecule has 0 bridgehead atoms. The fourth-order valence-corrected chi connectivity index (χ4v) is 5.23. The lowest BCUT2D eigenvalue weighted by molar-refractivity contribution is 1.00. The van der Waals surface area contributed by atoms with Gasteiger partial charge in [0, 0.05) is 11.1 Å². The second kappa shape index (κ2) is 13.4. The highest BCUT2D eigenvalue weighted by molar-refractivity contribution is 6.14. The van der Waals surface area contributed by atoms with Crippen molar-refractivity contribution < 1.29 is 0 Å². The van der Waals surface area contributed by atoms with E-state index in [1.807, 2.05) is 36.4 Å². The number of hydrogen-bond acceptors (Lipinski definition) is 1. The van der Waals surface area contributed by atoms with E-state index in [9.17, 15) is 0 Å². The first-order valence-electron chi connectivity index (χ1n) is 14.5. The molecule has 0 aromatic heterocycles. The van der Waals surface area contributed by atoms with Gasteiger partial charge >= 0.3 is 0 Å². The van der Waals surface area contributed by atoms with E-state index in [0.29, 0.717) is 0 Å². The number of hydrogen-bond donors (Lipinski definition) is 0. The number of nitrogens with zero attached hydrogens (tertiary/aromatic N) is 1. The third-order valence-electron chi connectivity index (χ3n) is 7.44. The summed E-state index contributed by atoms with van der Waals surface area (Å²) >= 11 is 0. The first kappa shape index (κ1) is 26.9. The van der Waals surface area contributed by atoms with Crippen molar-refractivity contribution in [3.63, 3.8) is 0 Å². The van der Waals surface area contributed by atoms with Crippen LogP contribution in [-0.2, 0) is 6.42 Å². The maximum Gasteiger partial charge on any atom is 0.0781 e. The van der Waals surface area contributed by atoms with E-state index < -0.39 is 0 Å². The van der Waals surface area contributed by atoms with Crippen LogP contribution in [0, 0.1) is 0 Å². The van der Waals surface area contributed by atoms with Crippen LogP contribution in [0.2, 0.25) is 0 Å². The van der Waals surface area contributed by atoms with Gasteiger partial charge in [-0.15, -0.1) is 0 Å². The number of para-hydroxylation sites is 1. The minimum absolute atomic E-state index is 0.946. The molecule has 0 amide bonds. The van der Waals surface area contributed by atoms with Crippen molar-refractivity contribution >= 4 is 17.0 Å². The highest BCUT2D eigenvalue weighted by atomic mass is 14.7. The molecule has 0 unspecified atom stereocenters. The lowest BCUT2D eigenvalue weighted by Crippen LogP contribution is -2.02. The number of benzene rings is 6. The van der Waals surface area contributed by atoms with Crippen molar-refractivity contribution in [3.8, 4) is 11.1 Å². The normalized spacial score (nSPS) is 11.8. The Hall–Kier alpha value is -5.27. The molecule has 0 aliphatic rings. The van der Waals surface area contributed by atoms with Crippen molar-refractivity contribution in [3.05, 3.63) is 204 Å². The van der Waals surface area contributed by atoms with Gasteiger partial charge in [0.05, 0.1) is 11.4 Å². The molecule has 0 radical (unpaired) electrons. The predicted molar refractivity (Wildman–Crippen MR) is 178 cm³/mol. The van der Waals surface area contributed by atoms with E-state index in [1.165, 1.54) is 33.4 Å². The lowest BCUT2D eigenvalue weighted by atomic mass is 9.93. The summed E-state index contributed by atoms with van der Waals surface area (Å²) in [6, 6.07) is 59.6. The van der Waals surface area contributed by atoms with Gasteiger partial charge in [0.25, 0.3) is 0 Å². The van der Waals surface area contributed by atoms with Crippen LogP contribution in [0.4, 0.5) is 5.69 Å². The van der Waals surface area contributed by atoms with E-state index >= 15 is 0 Å². The van der Waals surface area contributed by atoms with Gasteiger partial charge in [-0.25, -0.2) is 4.99 Å². The summed E-state index contributed by atoms with van der Waals surface area (Å²) in [4.78, 5) is 5.02. The summed E-state index contributed by atoms with van der Waals surface area (Å²) in [6.07, 6.45) is 4.40. The van der Waals surface area contributed by atoms with Crippen molar-refractivity contribution in [2.45, 2.75) is 12.8 Å². The van der Waals surface area contributed by atoms with Crippen LogP contribution < -0.4 is 0 Å². The molecule has 0 N–H and O–H groups in total. The fourth-order valence-electron chi connectivity index (χ4n) is 5.23. The highest BCUT2D eigenvalue weighted by Gasteiger charge is 2.09. The van der Waals surface area contributed by atoms with Crippen molar-refractivity contribution in [1.29, 1.82) is 0 Å². The van der Waals surface area contributed by atoms with E-state index in [2.05, 4.69) is 140 Å². The zero-order valence-corrected chi connectivity index (χ0v) is 23.6.